The summed E-state index contributed by atoms with van der Waals surface area (Å²) in [6.45, 7) is 1.35. The van der Waals surface area contributed by atoms with Gasteiger partial charge in [0.1, 0.15) is 17.8 Å². The Kier molecular flexibility index (Phi) is 9.06. The van der Waals surface area contributed by atoms with E-state index in [1.165, 1.54) is 12.1 Å². The normalized spacial score (nSPS) is 14.3. The molecule has 0 radical (unpaired) electrons. The largest absolute Gasteiger partial charge is 0.388 e. The first-order valence-electron chi connectivity index (χ1n) is 12.4. The number of aryl methyl sites for hydroxylation is 1. The molecule has 7 nitrogen and oxygen atoms in total. The molecule has 4 aromatic rings. The number of rotatable bonds is 12. The fourth-order valence-corrected chi connectivity index (χ4v) is 5.40. The van der Waals surface area contributed by atoms with E-state index >= 15 is 0 Å². The van der Waals surface area contributed by atoms with Crippen LogP contribution in [-0.2, 0) is 29.4 Å². The first kappa shape index (κ1) is 28.4. The average Bonchev–Trinajstić information content (AvgIpc) is 2.97. The lowest BCUT2D eigenvalue weighted by Gasteiger charge is -2.37. The van der Waals surface area contributed by atoms with Crippen molar-refractivity contribution in [3.63, 3.8) is 0 Å². The van der Waals surface area contributed by atoms with Crippen LogP contribution in [0, 0.1) is 6.92 Å². The monoisotopic (exact) mass is 546 g/mol. The number of benzene rings is 4. The lowest BCUT2D eigenvalue weighted by molar-refractivity contribution is -0.130. The molecule has 0 heterocycles. The van der Waals surface area contributed by atoms with Crippen LogP contribution in [0.2, 0.25) is 0 Å². The lowest BCUT2D eigenvalue weighted by atomic mass is 9.80. The quantitative estimate of drug-likeness (QED) is 0.157. The average molecular weight is 547 g/mol. The van der Waals surface area contributed by atoms with Gasteiger partial charge in [-0.3, -0.25) is 4.18 Å². The van der Waals surface area contributed by atoms with E-state index in [4.69, 9.17) is 8.92 Å². The standard InChI is InChI=1S/C31H30O7S/c1-23-17-19-27(20-18-23)39(35,36)38-29(21-32)30(34)28(33)22-37-31(24-11-5-2-6-12-24,25-13-7-3-8-14-25)26-15-9-4-10-16-26/h2-21,28-30,33-34H,22H2,1H3/t28-,29-,30+/m1/s1. The highest BCUT2D eigenvalue weighted by molar-refractivity contribution is 7.86. The molecular formula is C31H30O7S. The van der Waals surface area contributed by atoms with Crippen LogP contribution in [0.1, 0.15) is 22.3 Å². The minimum Gasteiger partial charge on any atom is -0.388 e. The van der Waals surface area contributed by atoms with Crippen molar-refractivity contribution in [2.75, 3.05) is 6.61 Å². The molecule has 0 aliphatic heterocycles. The topological polar surface area (TPSA) is 110 Å². The van der Waals surface area contributed by atoms with E-state index in [2.05, 4.69) is 0 Å². The minimum absolute atomic E-state index is 0.151. The van der Waals surface area contributed by atoms with E-state index in [1.807, 2.05) is 91.0 Å². The van der Waals surface area contributed by atoms with Crippen LogP contribution in [0.4, 0.5) is 0 Å². The van der Waals surface area contributed by atoms with Gasteiger partial charge >= 0.3 is 0 Å². The summed E-state index contributed by atoms with van der Waals surface area (Å²) >= 11 is 0. The van der Waals surface area contributed by atoms with E-state index < -0.39 is 40.6 Å². The molecule has 0 aliphatic rings. The van der Waals surface area contributed by atoms with Gasteiger partial charge in [-0.2, -0.15) is 8.42 Å². The molecule has 0 saturated heterocycles. The molecule has 0 aliphatic carbocycles. The first-order chi connectivity index (χ1) is 18.8. The van der Waals surface area contributed by atoms with Crippen LogP contribution in [0.25, 0.3) is 0 Å². The summed E-state index contributed by atoms with van der Waals surface area (Å²) in [6, 6.07) is 34.1. The Hall–Kier alpha value is -3.66. The van der Waals surface area contributed by atoms with Gasteiger partial charge in [0.25, 0.3) is 10.1 Å². The van der Waals surface area contributed by atoms with E-state index in [-0.39, 0.29) is 11.2 Å². The van der Waals surface area contributed by atoms with E-state index in [1.54, 1.807) is 19.1 Å². The molecule has 2 N–H and O–H groups in total. The number of aliphatic hydroxyl groups excluding tert-OH is 2. The van der Waals surface area contributed by atoms with Crippen molar-refractivity contribution in [2.24, 2.45) is 0 Å². The number of aliphatic hydroxyl groups is 2. The van der Waals surface area contributed by atoms with E-state index in [0.29, 0.717) is 0 Å². The molecule has 4 rings (SSSR count). The van der Waals surface area contributed by atoms with Crippen LogP contribution < -0.4 is 0 Å². The molecule has 202 valence electrons. The molecule has 0 saturated carbocycles. The van der Waals surface area contributed by atoms with Gasteiger partial charge in [-0.25, -0.2) is 0 Å². The smallest absolute Gasteiger partial charge is 0.297 e. The second-order valence-corrected chi connectivity index (χ2v) is 10.7. The molecule has 4 aromatic carbocycles. The van der Waals surface area contributed by atoms with Gasteiger partial charge in [0.2, 0.25) is 0 Å². The number of carbonyl (C=O) groups is 1. The lowest BCUT2D eigenvalue weighted by Crippen LogP contribution is -2.45. The molecular weight excluding hydrogens is 516 g/mol. The highest BCUT2D eigenvalue weighted by Crippen LogP contribution is 2.40. The number of ether oxygens (including phenoxy) is 1. The van der Waals surface area contributed by atoms with Gasteiger partial charge in [0, 0.05) is 0 Å². The van der Waals surface area contributed by atoms with Crippen molar-refractivity contribution >= 4 is 16.4 Å². The molecule has 0 spiro atoms. The van der Waals surface area contributed by atoms with E-state index in [0.717, 1.165) is 22.3 Å². The Morgan fingerprint density at radius 2 is 1.18 bits per heavy atom. The highest BCUT2D eigenvalue weighted by atomic mass is 32.2. The van der Waals surface area contributed by atoms with Gasteiger partial charge in [-0.05, 0) is 35.7 Å². The summed E-state index contributed by atoms with van der Waals surface area (Å²) in [4.78, 5) is 11.6. The van der Waals surface area contributed by atoms with Gasteiger partial charge < -0.3 is 19.7 Å². The van der Waals surface area contributed by atoms with Gasteiger partial charge in [-0.15, -0.1) is 0 Å². The Balaban J connectivity index is 1.63. The van der Waals surface area contributed by atoms with Crippen molar-refractivity contribution in [1.29, 1.82) is 0 Å². The maximum absolute atomic E-state index is 12.7. The Labute approximate surface area is 228 Å². The van der Waals surface area contributed by atoms with Crippen LogP contribution in [0.3, 0.4) is 0 Å². The summed E-state index contributed by atoms with van der Waals surface area (Å²) < 4.78 is 36.9. The second kappa shape index (κ2) is 12.5. The minimum atomic E-state index is -4.38. The van der Waals surface area contributed by atoms with Gasteiger partial charge in [-0.1, -0.05) is 109 Å². The fraction of sp³-hybridized carbons (Fsp3) is 0.194. The number of aldehydes is 1. The molecule has 0 fully saturated rings. The van der Waals surface area contributed by atoms with Crippen molar-refractivity contribution in [3.8, 4) is 0 Å². The zero-order valence-electron chi connectivity index (χ0n) is 21.3. The SMILES string of the molecule is Cc1ccc(S(=O)(=O)O[C@H](C=O)[C@@H](O)[C@H](O)COC(c2ccccc2)(c2ccccc2)c2ccccc2)cc1. The van der Waals surface area contributed by atoms with Crippen molar-refractivity contribution in [2.45, 2.75) is 35.7 Å². The number of hydrogen-bond acceptors (Lipinski definition) is 7. The van der Waals surface area contributed by atoms with Crippen molar-refractivity contribution in [1.82, 2.24) is 0 Å². The Morgan fingerprint density at radius 1 is 0.744 bits per heavy atom. The second-order valence-electron chi connectivity index (χ2n) is 9.11. The van der Waals surface area contributed by atoms with Gasteiger partial charge in [0.05, 0.1) is 11.5 Å². The third kappa shape index (κ3) is 6.33. The predicted octanol–water partition coefficient (Wildman–Crippen LogP) is 4.00. The molecule has 0 aromatic heterocycles. The van der Waals surface area contributed by atoms with Gasteiger partial charge in [0.15, 0.2) is 12.4 Å². The Morgan fingerprint density at radius 3 is 1.59 bits per heavy atom. The summed E-state index contributed by atoms with van der Waals surface area (Å²) in [5.74, 6) is 0. The number of hydrogen-bond donors (Lipinski definition) is 2. The van der Waals surface area contributed by atoms with Crippen molar-refractivity contribution < 1.29 is 32.3 Å². The summed E-state index contributed by atoms with van der Waals surface area (Å²) in [6.07, 6.45) is -5.25. The van der Waals surface area contributed by atoms with Crippen molar-refractivity contribution in [3.05, 3.63) is 138 Å². The third-order valence-corrected chi connectivity index (χ3v) is 7.75. The molecule has 0 amide bonds. The van der Waals surface area contributed by atoms with Crippen LogP contribution in [0.15, 0.2) is 120 Å². The molecule has 0 unspecified atom stereocenters. The van der Waals surface area contributed by atoms with E-state index in [9.17, 15) is 23.4 Å². The van der Waals surface area contributed by atoms with Crippen LogP contribution >= 0.6 is 0 Å². The third-order valence-electron chi connectivity index (χ3n) is 6.42. The molecule has 3 atom stereocenters. The number of carbonyl (C=O) groups excluding carboxylic acids is 1. The molecule has 39 heavy (non-hydrogen) atoms. The summed E-state index contributed by atoms with van der Waals surface area (Å²) in [5, 5.41) is 21.7. The van der Waals surface area contributed by atoms with Crippen LogP contribution in [-0.4, -0.2) is 49.8 Å². The fourth-order valence-electron chi connectivity index (χ4n) is 4.36. The summed E-state index contributed by atoms with van der Waals surface area (Å²) in [7, 11) is -4.38. The highest BCUT2D eigenvalue weighted by Gasteiger charge is 2.40. The predicted molar refractivity (Wildman–Crippen MR) is 146 cm³/mol. The molecule has 8 heteroatoms. The maximum atomic E-state index is 12.7. The zero-order valence-corrected chi connectivity index (χ0v) is 22.1. The first-order valence-corrected chi connectivity index (χ1v) is 13.8. The summed E-state index contributed by atoms with van der Waals surface area (Å²) in [5.41, 5.74) is 1.97. The molecule has 0 bridgehead atoms. The van der Waals surface area contributed by atoms with Crippen LogP contribution in [0.5, 0.6) is 0 Å². The zero-order chi connectivity index (χ0) is 27.9. The maximum Gasteiger partial charge on any atom is 0.297 e. The Bertz CT molecular complexity index is 1340.